The molecule has 2 radical (unpaired) electrons. The summed E-state index contributed by atoms with van der Waals surface area (Å²) < 4.78 is 0. The topological polar surface area (TPSA) is 24.1 Å². The zero-order chi connectivity index (χ0) is 12.7. The molecule has 4 rings (SSSR count). The van der Waals surface area contributed by atoms with Gasteiger partial charge in [0.25, 0.3) is 0 Å². The van der Waals surface area contributed by atoms with E-state index in [4.69, 9.17) is 0 Å². The van der Waals surface area contributed by atoms with Crippen molar-refractivity contribution >= 4 is 0 Å². The SMILES string of the molecule is [C]1NC(C2NCc3ccccc32)Cc2ccccc21. The van der Waals surface area contributed by atoms with Crippen molar-refractivity contribution in [3.05, 3.63) is 77.3 Å². The predicted octanol–water partition coefficient (Wildman–Crippen LogP) is 2.43. The van der Waals surface area contributed by atoms with Gasteiger partial charge in [0.15, 0.2) is 0 Å². The van der Waals surface area contributed by atoms with Gasteiger partial charge in [0.2, 0.25) is 0 Å². The van der Waals surface area contributed by atoms with Crippen molar-refractivity contribution < 1.29 is 0 Å². The summed E-state index contributed by atoms with van der Waals surface area (Å²) in [7, 11) is 0. The Bertz CT molecular complexity index is 606. The highest BCUT2D eigenvalue weighted by molar-refractivity contribution is 5.40. The third-order valence-corrected chi connectivity index (χ3v) is 4.15. The Labute approximate surface area is 113 Å². The molecular formula is C17H16N2. The molecule has 0 aliphatic carbocycles. The first-order chi connectivity index (χ1) is 9.42. The second-order valence-corrected chi connectivity index (χ2v) is 5.29. The van der Waals surface area contributed by atoms with E-state index in [9.17, 15) is 0 Å². The Morgan fingerprint density at radius 1 is 0.947 bits per heavy atom. The summed E-state index contributed by atoms with van der Waals surface area (Å²) in [5.74, 6) is 0. The minimum Gasteiger partial charge on any atom is -0.304 e. The number of fused-ring (bicyclic) bond motifs is 2. The van der Waals surface area contributed by atoms with E-state index in [1.807, 2.05) is 0 Å². The molecule has 2 aliphatic heterocycles. The van der Waals surface area contributed by atoms with Crippen LogP contribution in [0.1, 0.15) is 28.3 Å². The Hall–Kier alpha value is -1.64. The zero-order valence-corrected chi connectivity index (χ0v) is 10.7. The van der Waals surface area contributed by atoms with Gasteiger partial charge in [0.05, 0.1) is 6.54 Å². The van der Waals surface area contributed by atoms with Gasteiger partial charge in [-0.1, -0.05) is 48.5 Å². The molecule has 2 unspecified atom stereocenters. The maximum Gasteiger partial charge on any atom is 0.0939 e. The van der Waals surface area contributed by atoms with Crippen LogP contribution >= 0.6 is 0 Å². The van der Waals surface area contributed by atoms with Crippen molar-refractivity contribution in [1.82, 2.24) is 10.6 Å². The number of hydrogen-bond acceptors (Lipinski definition) is 2. The van der Waals surface area contributed by atoms with Crippen molar-refractivity contribution in [1.29, 1.82) is 0 Å². The largest absolute Gasteiger partial charge is 0.304 e. The lowest BCUT2D eigenvalue weighted by molar-refractivity contribution is 0.408. The monoisotopic (exact) mass is 248 g/mol. The highest BCUT2D eigenvalue weighted by Crippen LogP contribution is 2.31. The third-order valence-electron chi connectivity index (χ3n) is 4.15. The fourth-order valence-corrected chi connectivity index (χ4v) is 3.17. The van der Waals surface area contributed by atoms with Crippen LogP contribution in [-0.2, 0) is 13.0 Å². The first-order valence-electron chi connectivity index (χ1n) is 6.82. The second kappa shape index (κ2) is 4.48. The van der Waals surface area contributed by atoms with Gasteiger partial charge < -0.3 is 5.32 Å². The summed E-state index contributed by atoms with van der Waals surface area (Å²) in [5, 5.41) is 7.07. The molecule has 19 heavy (non-hydrogen) atoms. The molecular weight excluding hydrogens is 232 g/mol. The Balaban J connectivity index is 1.63. The highest BCUT2D eigenvalue weighted by Gasteiger charge is 2.31. The molecule has 2 aromatic carbocycles. The summed E-state index contributed by atoms with van der Waals surface area (Å²) in [6.07, 6.45) is 1.05. The molecule has 0 amide bonds. The minimum absolute atomic E-state index is 0.386. The molecule has 2 N–H and O–H groups in total. The van der Waals surface area contributed by atoms with Crippen LogP contribution < -0.4 is 10.6 Å². The molecule has 0 fully saturated rings. The average molecular weight is 248 g/mol. The lowest BCUT2D eigenvalue weighted by atomic mass is 9.89. The molecule has 2 heterocycles. The molecule has 0 saturated heterocycles. The van der Waals surface area contributed by atoms with Gasteiger partial charge in [-0.05, 0) is 28.7 Å². The van der Waals surface area contributed by atoms with E-state index in [1.165, 1.54) is 22.3 Å². The quantitative estimate of drug-likeness (QED) is 0.810. The third kappa shape index (κ3) is 1.88. The van der Waals surface area contributed by atoms with Crippen molar-refractivity contribution in [2.24, 2.45) is 0 Å². The van der Waals surface area contributed by atoms with Crippen LogP contribution in [0, 0.1) is 6.54 Å². The number of rotatable bonds is 1. The van der Waals surface area contributed by atoms with Crippen LogP contribution in [0.15, 0.2) is 48.5 Å². The Morgan fingerprint density at radius 2 is 1.74 bits per heavy atom. The van der Waals surface area contributed by atoms with Gasteiger partial charge in [-0.2, -0.15) is 0 Å². The zero-order valence-electron chi connectivity index (χ0n) is 10.7. The number of benzene rings is 2. The summed E-state index contributed by atoms with van der Waals surface area (Å²) in [4.78, 5) is 0. The normalized spacial score (nSPS) is 24.8. The first-order valence-corrected chi connectivity index (χ1v) is 6.82. The molecule has 0 aromatic heterocycles. The molecule has 0 saturated carbocycles. The lowest BCUT2D eigenvalue weighted by Crippen LogP contribution is -2.42. The van der Waals surface area contributed by atoms with E-state index in [1.54, 1.807) is 0 Å². The van der Waals surface area contributed by atoms with E-state index in [2.05, 4.69) is 65.7 Å². The first kappa shape index (κ1) is 11.2. The van der Waals surface area contributed by atoms with Crippen LogP contribution in [0.25, 0.3) is 0 Å². The molecule has 2 atom stereocenters. The second-order valence-electron chi connectivity index (χ2n) is 5.29. The fraction of sp³-hybridized carbons (Fsp3) is 0.235. The van der Waals surface area contributed by atoms with Crippen molar-refractivity contribution in [2.45, 2.75) is 25.0 Å². The summed E-state index contributed by atoms with van der Waals surface area (Å²) in [6, 6.07) is 18.0. The van der Waals surface area contributed by atoms with Gasteiger partial charge in [0, 0.05) is 18.6 Å². The van der Waals surface area contributed by atoms with Crippen molar-refractivity contribution in [3.63, 3.8) is 0 Å². The van der Waals surface area contributed by atoms with E-state index < -0.39 is 0 Å². The van der Waals surface area contributed by atoms with Crippen LogP contribution in [-0.4, -0.2) is 6.04 Å². The van der Waals surface area contributed by atoms with E-state index >= 15 is 0 Å². The lowest BCUT2D eigenvalue weighted by Gasteiger charge is -2.30. The Morgan fingerprint density at radius 3 is 2.68 bits per heavy atom. The van der Waals surface area contributed by atoms with Gasteiger partial charge >= 0.3 is 0 Å². The van der Waals surface area contributed by atoms with Crippen molar-refractivity contribution in [3.8, 4) is 0 Å². The molecule has 2 aliphatic rings. The highest BCUT2D eigenvalue weighted by atomic mass is 15.0. The van der Waals surface area contributed by atoms with Crippen LogP contribution in [0.5, 0.6) is 0 Å². The minimum atomic E-state index is 0.386. The van der Waals surface area contributed by atoms with Crippen LogP contribution in [0.3, 0.4) is 0 Å². The molecule has 94 valence electrons. The molecule has 2 aromatic rings. The summed E-state index contributed by atoms with van der Waals surface area (Å²) in [5.41, 5.74) is 5.44. The van der Waals surface area contributed by atoms with E-state index in [0.717, 1.165) is 13.0 Å². The fourth-order valence-electron chi connectivity index (χ4n) is 3.17. The van der Waals surface area contributed by atoms with E-state index in [0.29, 0.717) is 12.1 Å². The van der Waals surface area contributed by atoms with Crippen LogP contribution in [0.2, 0.25) is 0 Å². The molecule has 2 nitrogen and oxygen atoms in total. The smallest absolute Gasteiger partial charge is 0.0939 e. The summed E-state index contributed by atoms with van der Waals surface area (Å²) >= 11 is 0. The number of hydrogen-bond donors (Lipinski definition) is 2. The van der Waals surface area contributed by atoms with Gasteiger partial charge in [-0.3, -0.25) is 5.32 Å². The van der Waals surface area contributed by atoms with Gasteiger partial charge in [-0.15, -0.1) is 0 Å². The summed E-state index contributed by atoms with van der Waals surface area (Å²) in [6.45, 7) is 4.30. The van der Waals surface area contributed by atoms with Gasteiger partial charge in [-0.25, -0.2) is 0 Å². The number of nitrogens with one attached hydrogen (secondary N) is 2. The molecule has 0 spiro atoms. The molecule has 0 bridgehead atoms. The van der Waals surface area contributed by atoms with Crippen LogP contribution in [0.4, 0.5) is 0 Å². The van der Waals surface area contributed by atoms with Gasteiger partial charge in [0.1, 0.15) is 0 Å². The standard InChI is InChI=1S/C17H16N2/c1-2-6-13-10-18-16(9-12(13)5-1)17-15-8-4-3-7-14(15)11-19-17/h1-8,16-19H,9,11H2. The van der Waals surface area contributed by atoms with Crippen molar-refractivity contribution in [2.75, 3.05) is 0 Å². The molecule has 2 heteroatoms. The maximum absolute atomic E-state index is 3.62. The predicted molar refractivity (Wildman–Crippen MR) is 75.4 cm³/mol. The Kier molecular flexibility index (Phi) is 2.64. The average Bonchev–Trinajstić information content (AvgIpc) is 2.91. The van der Waals surface area contributed by atoms with E-state index in [-0.39, 0.29) is 0 Å². The maximum atomic E-state index is 3.62.